The smallest absolute Gasteiger partial charge is 0.369 e. The molecule has 0 heterocycles. The standard InChI is InChI=1S/C13H17F3N2O2/c1-12(2,3)9-6-4-8(5-7-9)10(19)17-18-11(20)13(14,15)16/h4-7,11,18,20H,1-3H3,(H,17,19). The van der Waals surface area contributed by atoms with Crippen molar-refractivity contribution in [2.75, 3.05) is 0 Å². The second-order valence-electron chi connectivity index (χ2n) is 5.37. The number of aliphatic hydroxyl groups is 1. The Balaban J connectivity index is 2.65. The third-order valence-electron chi connectivity index (χ3n) is 2.65. The molecule has 0 saturated carbocycles. The third-order valence-corrected chi connectivity index (χ3v) is 2.65. The summed E-state index contributed by atoms with van der Waals surface area (Å²) < 4.78 is 36.1. The monoisotopic (exact) mass is 290 g/mol. The Bertz CT molecular complexity index is 464. The second kappa shape index (κ2) is 5.80. The summed E-state index contributed by atoms with van der Waals surface area (Å²) in [6.07, 6.45) is -7.65. The molecular formula is C13H17F3N2O2. The molecule has 4 nitrogen and oxygen atoms in total. The minimum Gasteiger partial charge on any atom is -0.369 e. The lowest BCUT2D eigenvalue weighted by molar-refractivity contribution is -0.215. The molecule has 3 N–H and O–H groups in total. The fourth-order valence-corrected chi connectivity index (χ4v) is 1.41. The van der Waals surface area contributed by atoms with Crippen molar-refractivity contribution in [3.63, 3.8) is 0 Å². The highest BCUT2D eigenvalue weighted by Gasteiger charge is 2.38. The molecule has 1 atom stereocenters. The molecule has 0 aliphatic rings. The summed E-state index contributed by atoms with van der Waals surface area (Å²) in [4.78, 5) is 11.6. The van der Waals surface area contributed by atoms with E-state index >= 15 is 0 Å². The Morgan fingerprint density at radius 2 is 1.65 bits per heavy atom. The molecule has 1 amide bonds. The van der Waals surface area contributed by atoms with Crippen LogP contribution in [-0.2, 0) is 5.41 Å². The molecule has 112 valence electrons. The van der Waals surface area contributed by atoms with Crippen molar-refractivity contribution in [1.29, 1.82) is 0 Å². The zero-order valence-corrected chi connectivity index (χ0v) is 11.4. The van der Waals surface area contributed by atoms with Crippen molar-refractivity contribution in [3.8, 4) is 0 Å². The van der Waals surface area contributed by atoms with Gasteiger partial charge in [-0.15, -0.1) is 0 Å². The molecule has 7 heteroatoms. The van der Waals surface area contributed by atoms with Gasteiger partial charge in [-0.2, -0.15) is 18.6 Å². The molecule has 0 saturated heterocycles. The number of hydrazine groups is 1. The molecule has 0 aliphatic heterocycles. The number of hydrogen-bond donors (Lipinski definition) is 3. The van der Waals surface area contributed by atoms with Crippen LogP contribution in [0.5, 0.6) is 0 Å². The minimum absolute atomic E-state index is 0.0836. The first-order chi connectivity index (χ1) is 9.01. The number of benzene rings is 1. The van der Waals surface area contributed by atoms with Crippen LogP contribution in [-0.4, -0.2) is 23.4 Å². The van der Waals surface area contributed by atoms with Crippen molar-refractivity contribution >= 4 is 5.91 Å². The summed E-state index contributed by atoms with van der Waals surface area (Å²) in [6.45, 7) is 6.01. The average molecular weight is 290 g/mol. The maximum Gasteiger partial charge on any atom is 0.429 e. The van der Waals surface area contributed by atoms with E-state index in [1.165, 1.54) is 17.6 Å². The van der Waals surface area contributed by atoms with E-state index in [1.54, 1.807) is 17.6 Å². The van der Waals surface area contributed by atoms with Crippen LogP contribution in [0.4, 0.5) is 13.2 Å². The number of halogens is 3. The van der Waals surface area contributed by atoms with Crippen molar-refractivity contribution < 1.29 is 23.1 Å². The van der Waals surface area contributed by atoms with E-state index in [9.17, 15) is 18.0 Å². The number of carbonyl (C=O) groups excluding carboxylic acids is 1. The zero-order valence-electron chi connectivity index (χ0n) is 11.4. The van der Waals surface area contributed by atoms with Crippen molar-refractivity contribution in [3.05, 3.63) is 35.4 Å². The molecule has 0 fully saturated rings. The largest absolute Gasteiger partial charge is 0.429 e. The molecule has 0 aliphatic carbocycles. The van der Waals surface area contributed by atoms with Crippen LogP contribution in [0.25, 0.3) is 0 Å². The second-order valence-corrected chi connectivity index (χ2v) is 5.37. The number of aliphatic hydroxyl groups excluding tert-OH is 1. The molecule has 0 spiro atoms. The lowest BCUT2D eigenvalue weighted by Gasteiger charge is -2.19. The Labute approximate surface area is 115 Å². The summed E-state index contributed by atoms with van der Waals surface area (Å²) in [5.74, 6) is -0.756. The molecule has 0 bridgehead atoms. The summed E-state index contributed by atoms with van der Waals surface area (Å²) in [6, 6.07) is 6.49. The fraction of sp³-hybridized carbons (Fsp3) is 0.462. The van der Waals surface area contributed by atoms with Gasteiger partial charge in [0.15, 0.2) is 0 Å². The highest BCUT2D eigenvalue weighted by molar-refractivity contribution is 5.93. The molecule has 1 aromatic rings. The number of rotatable bonds is 3. The van der Waals surface area contributed by atoms with Gasteiger partial charge in [-0.25, -0.2) is 0 Å². The van der Waals surface area contributed by atoms with Crippen LogP contribution in [0.2, 0.25) is 0 Å². The third kappa shape index (κ3) is 4.50. The molecule has 0 aromatic heterocycles. The van der Waals surface area contributed by atoms with Crippen LogP contribution in [0.15, 0.2) is 24.3 Å². The van der Waals surface area contributed by atoms with Gasteiger partial charge in [0.25, 0.3) is 5.91 Å². The number of carbonyl (C=O) groups is 1. The Hall–Kier alpha value is -1.60. The van der Waals surface area contributed by atoms with E-state index in [-0.39, 0.29) is 11.0 Å². The fourth-order valence-electron chi connectivity index (χ4n) is 1.41. The van der Waals surface area contributed by atoms with E-state index < -0.39 is 18.3 Å². The molecule has 0 radical (unpaired) electrons. The van der Waals surface area contributed by atoms with Gasteiger partial charge in [-0.1, -0.05) is 32.9 Å². The normalized spacial score (nSPS) is 13.9. The maximum atomic E-state index is 12.0. The Kier molecular flexibility index (Phi) is 4.77. The predicted octanol–water partition coefficient (Wildman–Crippen LogP) is 2.10. The number of alkyl halides is 3. The molecule has 20 heavy (non-hydrogen) atoms. The average Bonchev–Trinajstić information content (AvgIpc) is 2.33. The first kappa shape index (κ1) is 16.5. The molecule has 1 unspecified atom stereocenters. The highest BCUT2D eigenvalue weighted by Crippen LogP contribution is 2.22. The van der Waals surface area contributed by atoms with Gasteiger partial charge in [0.05, 0.1) is 0 Å². The van der Waals surface area contributed by atoms with Crippen molar-refractivity contribution in [2.45, 2.75) is 38.6 Å². The van der Waals surface area contributed by atoms with Crippen molar-refractivity contribution in [1.82, 2.24) is 10.9 Å². The summed E-state index contributed by atoms with van der Waals surface area (Å²) >= 11 is 0. The topological polar surface area (TPSA) is 61.4 Å². The molecular weight excluding hydrogens is 273 g/mol. The van der Waals surface area contributed by atoms with Gasteiger partial charge in [0.1, 0.15) is 0 Å². The van der Waals surface area contributed by atoms with Gasteiger partial charge in [0.2, 0.25) is 6.23 Å². The van der Waals surface area contributed by atoms with E-state index in [2.05, 4.69) is 0 Å². The van der Waals surface area contributed by atoms with Crippen LogP contribution in [0.3, 0.4) is 0 Å². The SMILES string of the molecule is CC(C)(C)c1ccc(C(=O)NNC(O)C(F)(F)F)cc1. The Morgan fingerprint density at radius 1 is 1.15 bits per heavy atom. The molecule has 1 rings (SSSR count). The van der Waals surface area contributed by atoms with Gasteiger partial charge in [-0.3, -0.25) is 10.2 Å². The summed E-state index contributed by atoms with van der Waals surface area (Å²) in [5, 5.41) is 8.68. The number of nitrogens with one attached hydrogen (secondary N) is 2. The maximum absolute atomic E-state index is 12.0. The number of hydrogen-bond acceptors (Lipinski definition) is 3. The predicted molar refractivity (Wildman–Crippen MR) is 67.8 cm³/mol. The highest BCUT2D eigenvalue weighted by atomic mass is 19.4. The van der Waals surface area contributed by atoms with Gasteiger partial charge in [0, 0.05) is 5.56 Å². The van der Waals surface area contributed by atoms with E-state index in [0.29, 0.717) is 0 Å². The van der Waals surface area contributed by atoms with Crippen LogP contribution in [0.1, 0.15) is 36.7 Å². The van der Waals surface area contributed by atoms with Crippen LogP contribution in [0, 0.1) is 0 Å². The van der Waals surface area contributed by atoms with Crippen LogP contribution < -0.4 is 10.9 Å². The van der Waals surface area contributed by atoms with Gasteiger partial charge < -0.3 is 5.11 Å². The first-order valence-corrected chi connectivity index (χ1v) is 5.93. The lowest BCUT2D eigenvalue weighted by Crippen LogP contribution is -2.51. The Morgan fingerprint density at radius 3 is 2.05 bits per heavy atom. The van der Waals surface area contributed by atoms with Crippen molar-refractivity contribution in [2.24, 2.45) is 0 Å². The van der Waals surface area contributed by atoms with Crippen LogP contribution >= 0.6 is 0 Å². The molecule has 1 aromatic carbocycles. The quantitative estimate of drug-likeness (QED) is 0.590. The van der Waals surface area contributed by atoms with E-state index in [1.807, 2.05) is 20.8 Å². The zero-order chi connectivity index (χ0) is 15.6. The summed E-state index contributed by atoms with van der Waals surface area (Å²) in [5.41, 5.74) is 4.41. The summed E-state index contributed by atoms with van der Waals surface area (Å²) in [7, 11) is 0. The minimum atomic E-state index is -4.84. The van der Waals surface area contributed by atoms with E-state index in [4.69, 9.17) is 5.11 Å². The van der Waals surface area contributed by atoms with Gasteiger partial charge >= 0.3 is 6.18 Å². The van der Waals surface area contributed by atoms with Gasteiger partial charge in [-0.05, 0) is 23.1 Å². The van der Waals surface area contributed by atoms with E-state index in [0.717, 1.165) is 5.56 Å². The number of amides is 1. The first-order valence-electron chi connectivity index (χ1n) is 5.93. The lowest BCUT2D eigenvalue weighted by atomic mass is 9.87.